The molecule has 1 aromatic carbocycles. The number of fused-ring (bicyclic) bond motifs is 1. The number of hydrogen-bond donors (Lipinski definition) is 3. The summed E-state index contributed by atoms with van der Waals surface area (Å²) < 4.78 is 52.0. The molecule has 3 amide bonds. The summed E-state index contributed by atoms with van der Waals surface area (Å²) in [4.78, 5) is 30.5. The number of aryl methyl sites for hydroxylation is 4. The van der Waals surface area contributed by atoms with Crippen molar-refractivity contribution in [1.82, 2.24) is 20.1 Å². The second kappa shape index (κ2) is 16.0. The van der Waals surface area contributed by atoms with Crippen LogP contribution in [0.15, 0.2) is 32.1 Å². The lowest BCUT2D eigenvalue weighted by Gasteiger charge is -2.35. The summed E-state index contributed by atoms with van der Waals surface area (Å²) in [5, 5.41) is 20.7. The van der Waals surface area contributed by atoms with E-state index in [1.165, 1.54) is 35.8 Å². The fraction of sp³-hybridized carbons (Fsp3) is 0.576. The number of likely N-dealkylation sites (N-methyl/N-ethyl adjacent to an activating group) is 1. The lowest BCUT2D eigenvalue weighted by Crippen LogP contribution is -2.48. The largest absolute Gasteiger partial charge is 0.490 e. The van der Waals surface area contributed by atoms with Crippen LogP contribution >= 0.6 is 0 Å². The van der Waals surface area contributed by atoms with Crippen LogP contribution in [-0.4, -0.2) is 97.2 Å². The number of aliphatic hydroxyl groups is 1. The van der Waals surface area contributed by atoms with E-state index in [2.05, 4.69) is 20.4 Å². The fourth-order valence-corrected chi connectivity index (χ4v) is 7.11. The molecular formula is C33H48N6O9S. The SMILES string of the molecule is Cc1noc(C)c1NC(=O)N(C)C[C@H]1OCCCC[C@@H](C)Oc2ccc(NS(=O)(=O)c3c(C)noc3C)cc2C(=O)N([C@H](C)CO)C[C@@H]1C. The molecule has 0 bridgehead atoms. The highest BCUT2D eigenvalue weighted by atomic mass is 32.2. The maximum absolute atomic E-state index is 14.4. The number of nitrogens with one attached hydrogen (secondary N) is 2. The fourth-order valence-electron chi connectivity index (χ4n) is 5.73. The van der Waals surface area contributed by atoms with Gasteiger partial charge in [-0.25, -0.2) is 13.2 Å². The van der Waals surface area contributed by atoms with E-state index in [9.17, 15) is 23.1 Å². The van der Waals surface area contributed by atoms with Crippen LogP contribution in [-0.2, 0) is 14.8 Å². The summed E-state index contributed by atoms with van der Waals surface area (Å²) >= 11 is 0. The maximum atomic E-state index is 14.4. The summed E-state index contributed by atoms with van der Waals surface area (Å²) in [5.41, 5.74) is 1.54. The van der Waals surface area contributed by atoms with Gasteiger partial charge in [0, 0.05) is 38.3 Å². The molecule has 1 aliphatic rings. The third kappa shape index (κ3) is 9.10. The van der Waals surface area contributed by atoms with Crippen molar-refractivity contribution in [1.29, 1.82) is 0 Å². The number of hydrogen-bond acceptors (Lipinski definition) is 11. The number of aromatic nitrogens is 2. The number of nitrogens with zero attached hydrogens (tertiary/aromatic N) is 4. The quantitative estimate of drug-likeness (QED) is 0.296. The van der Waals surface area contributed by atoms with E-state index in [0.29, 0.717) is 35.9 Å². The predicted molar refractivity (Wildman–Crippen MR) is 181 cm³/mol. The van der Waals surface area contributed by atoms with Crippen molar-refractivity contribution in [3.05, 3.63) is 46.7 Å². The second-order valence-electron chi connectivity index (χ2n) is 12.8. The number of anilines is 2. The number of sulfonamides is 1. The Labute approximate surface area is 287 Å². The molecule has 0 saturated heterocycles. The normalized spacial score (nSPS) is 20.1. The van der Waals surface area contributed by atoms with Crippen molar-refractivity contribution in [2.45, 2.75) is 90.9 Å². The summed E-state index contributed by atoms with van der Waals surface area (Å²) in [7, 11) is -2.44. The predicted octanol–water partition coefficient (Wildman–Crippen LogP) is 4.66. The molecule has 4 rings (SSSR count). The minimum Gasteiger partial charge on any atom is -0.490 e. The molecule has 0 aliphatic carbocycles. The standard InChI is InChI=1S/C33H48N6O9S/c1-19-16-39(20(2)18-40)32(41)27-15-26(37-49(43,44)31-23(5)36-48-25(31)7)12-13-28(27)46-21(3)11-9-10-14-45-29(19)17-38(8)33(42)34-30-22(4)35-47-24(30)6/h12-13,15,19-21,29,37,40H,9-11,14,16-18H2,1-8H3,(H,34,42)/t19-,20+,21+,29+/m0/s1. The van der Waals surface area contributed by atoms with Crippen LogP contribution in [0.1, 0.15) is 73.3 Å². The molecule has 0 saturated carbocycles. The van der Waals surface area contributed by atoms with Crippen molar-refractivity contribution in [2.75, 3.05) is 43.4 Å². The number of ether oxygens (including phenoxy) is 2. The highest BCUT2D eigenvalue weighted by Crippen LogP contribution is 2.30. The van der Waals surface area contributed by atoms with Gasteiger partial charge in [-0.15, -0.1) is 0 Å². The van der Waals surface area contributed by atoms with Gasteiger partial charge in [-0.1, -0.05) is 17.2 Å². The smallest absolute Gasteiger partial charge is 0.321 e. The van der Waals surface area contributed by atoms with Gasteiger partial charge in [-0.3, -0.25) is 9.52 Å². The van der Waals surface area contributed by atoms with Gasteiger partial charge in [0.1, 0.15) is 22.8 Å². The summed E-state index contributed by atoms with van der Waals surface area (Å²) in [6.45, 7) is 12.5. The minimum atomic E-state index is -4.10. The van der Waals surface area contributed by atoms with Crippen LogP contribution in [0.2, 0.25) is 0 Å². The van der Waals surface area contributed by atoms with Crippen LogP contribution in [0.5, 0.6) is 5.75 Å². The van der Waals surface area contributed by atoms with E-state index in [-0.39, 0.29) is 65.3 Å². The first-order valence-corrected chi connectivity index (χ1v) is 17.9. The van der Waals surface area contributed by atoms with Gasteiger partial charge in [-0.2, -0.15) is 0 Å². The zero-order valence-electron chi connectivity index (χ0n) is 29.4. The summed E-state index contributed by atoms with van der Waals surface area (Å²) in [5.74, 6) is 0.166. The van der Waals surface area contributed by atoms with Gasteiger partial charge in [0.2, 0.25) is 0 Å². The Morgan fingerprint density at radius 2 is 1.80 bits per heavy atom. The average Bonchev–Trinajstić information content (AvgIpc) is 3.56. The molecule has 2 aromatic heterocycles. The Bertz CT molecular complexity index is 1680. The molecule has 15 nitrogen and oxygen atoms in total. The molecule has 1 aliphatic heterocycles. The third-order valence-corrected chi connectivity index (χ3v) is 10.2. The van der Waals surface area contributed by atoms with Crippen LogP contribution in [0, 0.1) is 33.6 Å². The number of benzene rings is 1. The number of amides is 3. The van der Waals surface area contributed by atoms with Crippen molar-refractivity contribution in [3.63, 3.8) is 0 Å². The van der Waals surface area contributed by atoms with E-state index in [4.69, 9.17) is 18.5 Å². The number of rotatable bonds is 8. The Balaban J connectivity index is 1.64. The molecule has 3 aromatic rings. The third-order valence-electron chi connectivity index (χ3n) is 8.61. The summed E-state index contributed by atoms with van der Waals surface area (Å²) in [6, 6.07) is 3.57. The Morgan fingerprint density at radius 1 is 1.10 bits per heavy atom. The molecule has 270 valence electrons. The van der Waals surface area contributed by atoms with Gasteiger partial charge >= 0.3 is 6.03 Å². The minimum absolute atomic E-state index is 0.0791. The molecule has 3 heterocycles. The molecular weight excluding hydrogens is 656 g/mol. The van der Waals surface area contributed by atoms with Crippen molar-refractivity contribution in [2.24, 2.45) is 5.92 Å². The van der Waals surface area contributed by atoms with E-state index in [0.717, 1.165) is 12.8 Å². The van der Waals surface area contributed by atoms with Crippen molar-refractivity contribution in [3.8, 4) is 5.75 Å². The maximum Gasteiger partial charge on any atom is 0.321 e. The zero-order chi connectivity index (χ0) is 36.0. The second-order valence-corrected chi connectivity index (χ2v) is 14.4. The first-order chi connectivity index (χ1) is 23.1. The van der Waals surface area contributed by atoms with Crippen LogP contribution in [0.3, 0.4) is 0 Å². The molecule has 16 heteroatoms. The number of urea groups is 1. The molecule has 0 spiro atoms. The first-order valence-electron chi connectivity index (χ1n) is 16.4. The van der Waals surface area contributed by atoms with Gasteiger partial charge in [0.05, 0.1) is 30.4 Å². The molecule has 0 unspecified atom stereocenters. The molecule has 0 radical (unpaired) electrons. The van der Waals surface area contributed by atoms with E-state index < -0.39 is 28.1 Å². The van der Waals surface area contributed by atoms with Crippen molar-refractivity contribution < 1.29 is 41.6 Å². The van der Waals surface area contributed by atoms with Crippen molar-refractivity contribution >= 4 is 33.3 Å². The number of carbonyl (C=O) groups is 2. The monoisotopic (exact) mass is 704 g/mol. The average molecular weight is 705 g/mol. The molecule has 0 fully saturated rings. The number of carbonyl (C=O) groups excluding carboxylic acids is 2. The van der Waals surface area contributed by atoms with Gasteiger partial charge in [0.25, 0.3) is 15.9 Å². The van der Waals surface area contributed by atoms with E-state index in [1.54, 1.807) is 33.9 Å². The number of aliphatic hydroxyl groups excluding tert-OH is 1. The van der Waals surface area contributed by atoms with Gasteiger partial charge in [0.15, 0.2) is 16.4 Å². The van der Waals surface area contributed by atoms with Crippen LogP contribution in [0.4, 0.5) is 16.2 Å². The molecule has 3 N–H and O–H groups in total. The Hall–Kier alpha value is -4.15. The molecule has 4 atom stereocenters. The van der Waals surface area contributed by atoms with E-state index in [1.807, 2.05) is 13.8 Å². The first kappa shape index (κ1) is 37.7. The highest BCUT2D eigenvalue weighted by molar-refractivity contribution is 7.92. The van der Waals surface area contributed by atoms with Gasteiger partial charge < -0.3 is 38.7 Å². The lowest BCUT2D eigenvalue weighted by atomic mass is 10.0. The topological polar surface area (TPSA) is 190 Å². The Kier molecular flexibility index (Phi) is 12.3. The van der Waals surface area contributed by atoms with E-state index >= 15 is 0 Å². The zero-order valence-corrected chi connectivity index (χ0v) is 30.2. The van der Waals surface area contributed by atoms with Crippen LogP contribution in [0.25, 0.3) is 0 Å². The lowest BCUT2D eigenvalue weighted by molar-refractivity contribution is -0.0115. The summed E-state index contributed by atoms with van der Waals surface area (Å²) in [6.07, 6.45) is 1.48. The Morgan fingerprint density at radius 3 is 2.43 bits per heavy atom. The van der Waals surface area contributed by atoms with Gasteiger partial charge in [-0.05, 0) is 79.0 Å². The highest BCUT2D eigenvalue weighted by Gasteiger charge is 2.32. The molecule has 49 heavy (non-hydrogen) atoms. The van der Waals surface area contributed by atoms with Crippen LogP contribution < -0.4 is 14.8 Å².